The number of aromatic nitrogens is 1. The molecule has 0 spiro atoms. The van der Waals surface area contributed by atoms with Crippen molar-refractivity contribution < 1.29 is 9.84 Å². The predicted molar refractivity (Wildman–Crippen MR) is 55.3 cm³/mol. The van der Waals surface area contributed by atoms with Crippen LogP contribution in [0.3, 0.4) is 0 Å². The number of hydrogen-bond donors (Lipinski definition) is 1. The first-order valence-corrected chi connectivity index (χ1v) is 5.97. The quantitative estimate of drug-likeness (QED) is 0.738. The van der Waals surface area contributed by atoms with Gasteiger partial charge in [-0.3, -0.25) is 0 Å². The molecule has 0 aliphatic rings. The largest absolute Gasteiger partial charge is 0.390 e. The van der Waals surface area contributed by atoms with Crippen molar-refractivity contribution in [2.75, 3.05) is 19.0 Å². The number of aliphatic hydroxyl groups excluding tert-OH is 1. The molecule has 1 heterocycles. The molecular weight excluding hydrogens is 206 g/mol. The maximum atomic E-state index is 9.41. The van der Waals surface area contributed by atoms with Gasteiger partial charge >= 0.3 is 0 Å². The Morgan fingerprint density at radius 2 is 2.62 bits per heavy atom. The fraction of sp³-hybridized carbons (Fsp3) is 0.625. The highest BCUT2D eigenvalue weighted by molar-refractivity contribution is 8.01. The normalized spacial score (nSPS) is 13.1. The van der Waals surface area contributed by atoms with E-state index in [1.54, 1.807) is 29.3 Å². The Labute approximate surface area is 86.1 Å². The molecule has 0 aliphatic heterocycles. The summed E-state index contributed by atoms with van der Waals surface area (Å²) >= 11 is 3.15. The van der Waals surface area contributed by atoms with Crippen LogP contribution in [0.1, 0.15) is 6.92 Å². The van der Waals surface area contributed by atoms with Gasteiger partial charge in [-0.2, -0.15) is 0 Å². The molecule has 0 aliphatic carbocycles. The zero-order valence-corrected chi connectivity index (χ0v) is 9.11. The summed E-state index contributed by atoms with van der Waals surface area (Å²) < 4.78 is 6.08. The second kappa shape index (κ2) is 6.37. The lowest BCUT2D eigenvalue weighted by molar-refractivity contribution is 0.0551. The first-order valence-electron chi connectivity index (χ1n) is 4.11. The maximum absolute atomic E-state index is 9.41. The Kier molecular flexibility index (Phi) is 5.38. The lowest BCUT2D eigenvalue weighted by Gasteiger charge is -2.08. The molecule has 1 aromatic heterocycles. The first-order chi connectivity index (χ1) is 6.33. The van der Waals surface area contributed by atoms with Gasteiger partial charge in [-0.15, -0.1) is 11.3 Å². The minimum Gasteiger partial charge on any atom is -0.390 e. The van der Waals surface area contributed by atoms with Crippen LogP contribution in [0.2, 0.25) is 0 Å². The molecule has 13 heavy (non-hydrogen) atoms. The third kappa shape index (κ3) is 4.61. The van der Waals surface area contributed by atoms with Crippen LogP contribution in [0.4, 0.5) is 0 Å². The minimum absolute atomic E-state index is 0.395. The molecule has 1 N–H and O–H groups in total. The smallest absolute Gasteiger partial charge is 0.149 e. The summed E-state index contributed by atoms with van der Waals surface area (Å²) in [4.78, 5) is 4.10. The highest BCUT2D eigenvalue weighted by atomic mass is 32.2. The van der Waals surface area contributed by atoms with Crippen molar-refractivity contribution in [2.24, 2.45) is 0 Å². The van der Waals surface area contributed by atoms with Crippen molar-refractivity contribution in [3.8, 4) is 0 Å². The average molecular weight is 219 g/mol. The van der Waals surface area contributed by atoms with E-state index in [-0.39, 0.29) is 0 Å². The summed E-state index contributed by atoms with van der Waals surface area (Å²) in [6, 6.07) is 0. The first kappa shape index (κ1) is 11.0. The number of thioether (sulfide) groups is 1. The van der Waals surface area contributed by atoms with Crippen LogP contribution in [0.25, 0.3) is 0 Å². The highest BCUT2D eigenvalue weighted by Crippen LogP contribution is 2.20. The zero-order valence-electron chi connectivity index (χ0n) is 7.47. The van der Waals surface area contributed by atoms with Gasteiger partial charge < -0.3 is 9.84 Å². The Bertz CT molecular complexity index is 216. The van der Waals surface area contributed by atoms with Crippen LogP contribution in [0.15, 0.2) is 15.9 Å². The molecule has 0 saturated carbocycles. The fourth-order valence-corrected chi connectivity index (χ4v) is 2.32. The number of ether oxygens (including phenoxy) is 1. The van der Waals surface area contributed by atoms with E-state index < -0.39 is 6.10 Å². The van der Waals surface area contributed by atoms with E-state index in [1.807, 2.05) is 12.3 Å². The van der Waals surface area contributed by atoms with Crippen LogP contribution >= 0.6 is 23.1 Å². The molecule has 0 aromatic carbocycles. The van der Waals surface area contributed by atoms with Gasteiger partial charge in [0.05, 0.1) is 12.7 Å². The van der Waals surface area contributed by atoms with Gasteiger partial charge in [0.2, 0.25) is 0 Å². The van der Waals surface area contributed by atoms with Crippen molar-refractivity contribution in [2.45, 2.75) is 17.4 Å². The van der Waals surface area contributed by atoms with Crippen molar-refractivity contribution in [3.63, 3.8) is 0 Å². The standard InChI is InChI=1S/C8H13NO2S2/c1-2-11-5-7(10)6-13-8-9-3-4-12-8/h3-4,7,10H,2,5-6H2,1H3. The van der Waals surface area contributed by atoms with E-state index in [9.17, 15) is 5.11 Å². The molecule has 74 valence electrons. The van der Waals surface area contributed by atoms with Gasteiger partial charge in [0.1, 0.15) is 4.34 Å². The van der Waals surface area contributed by atoms with Gasteiger partial charge in [-0.25, -0.2) is 4.98 Å². The molecule has 0 radical (unpaired) electrons. The second-order valence-corrected chi connectivity index (χ2v) is 4.58. The maximum Gasteiger partial charge on any atom is 0.149 e. The van der Waals surface area contributed by atoms with Crippen molar-refractivity contribution in [3.05, 3.63) is 11.6 Å². The van der Waals surface area contributed by atoms with E-state index >= 15 is 0 Å². The molecule has 1 aromatic rings. The summed E-state index contributed by atoms with van der Waals surface area (Å²) in [5.41, 5.74) is 0. The number of aliphatic hydroxyl groups is 1. The van der Waals surface area contributed by atoms with Gasteiger partial charge in [0, 0.05) is 23.9 Å². The molecular formula is C8H13NO2S2. The lowest BCUT2D eigenvalue weighted by Crippen LogP contribution is -2.17. The van der Waals surface area contributed by atoms with Crippen LogP contribution in [-0.2, 0) is 4.74 Å². The van der Waals surface area contributed by atoms with Gasteiger partial charge in [0.25, 0.3) is 0 Å². The Morgan fingerprint density at radius 3 is 3.23 bits per heavy atom. The molecule has 0 fully saturated rings. The molecule has 0 amide bonds. The van der Waals surface area contributed by atoms with Gasteiger partial charge in [0.15, 0.2) is 0 Å². The van der Waals surface area contributed by atoms with E-state index in [1.165, 1.54) is 0 Å². The summed E-state index contributed by atoms with van der Waals surface area (Å²) in [7, 11) is 0. The zero-order chi connectivity index (χ0) is 9.52. The summed E-state index contributed by atoms with van der Waals surface area (Å²) in [5.74, 6) is 0.646. The molecule has 3 nitrogen and oxygen atoms in total. The van der Waals surface area contributed by atoms with Gasteiger partial charge in [-0.05, 0) is 6.92 Å². The average Bonchev–Trinajstić information content (AvgIpc) is 2.64. The SMILES string of the molecule is CCOCC(O)CSc1nccs1. The second-order valence-electron chi connectivity index (χ2n) is 2.42. The van der Waals surface area contributed by atoms with E-state index in [2.05, 4.69) is 4.98 Å². The van der Waals surface area contributed by atoms with E-state index in [4.69, 9.17) is 4.74 Å². The Hall–Kier alpha value is -0.100. The number of thiazole rings is 1. The molecule has 5 heteroatoms. The third-order valence-corrected chi connectivity index (χ3v) is 3.43. The minimum atomic E-state index is -0.395. The van der Waals surface area contributed by atoms with Crippen molar-refractivity contribution in [1.82, 2.24) is 4.98 Å². The summed E-state index contributed by atoms with van der Waals surface area (Å²) in [6.45, 7) is 2.98. The van der Waals surface area contributed by atoms with Crippen LogP contribution in [-0.4, -0.2) is 35.2 Å². The van der Waals surface area contributed by atoms with Crippen LogP contribution in [0, 0.1) is 0 Å². The van der Waals surface area contributed by atoms with Crippen molar-refractivity contribution in [1.29, 1.82) is 0 Å². The number of hydrogen-bond acceptors (Lipinski definition) is 5. The molecule has 0 saturated heterocycles. The molecule has 1 atom stereocenters. The third-order valence-electron chi connectivity index (χ3n) is 1.32. The highest BCUT2D eigenvalue weighted by Gasteiger charge is 2.05. The Balaban J connectivity index is 2.11. The Morgan fingerprint density at radius 1 is 1.77 bits per heavy atom. The topological polar surface area (TPSA) is 42.4 Å². The number of nitrogens with zero attached hydrogens (tertiary/aromatic N) is 1. The fourth-order valence-electron chi connectivity index (χ4n) is 0.751. The predicted octanol–water partition coefficient (Wildman–Crippen LogP) is 1.63. The van der Waals surface area contributed by atoms with Crippen LogP contribution in [0.5, 0.6) is 0 Å². The molecule has 0 bridgehead atoms. The number of rotatable bonds is 6. The monoisotopic (exact) mass is 219 g/mol. The van der Waals surface area contributed by atoms with E-state index in [0.717, 1.165) is 4.34 Å². The molecule has 1 rings (SSSR count). The lowest BCUT2D eigenvalue weighted by atomic mass is 10.4. The molecule has 1 unspecified atom stereocenters. The van der Waals surface area contributed by atoms with E-state index in [0.29, 0.717) is 19.0 Å². The summed E-state index contributed by atoms with van der Waals surface area (Å²) in [5, 5.41) is 11.3. The van der Waals surface area contributed by atoms with Crippen molar-refractivity contribution >= 4 is 23.1 Å². The van der Waals surface area contributed by atoms with Crippen LogP contribution < -0.4 is 0 Å². The van der Waals surface area contributed by atoms with Gasteiger partial charge in [-0.1, -0.05) is 11.8 Å². The summed E-state index contributed by atoms with van der Waals surface area (Å²) in [6.07, 6.45) is 1.37.